The number of benzene rings is 7. The van der Waals surface area contributed by atoms with Crippen LogP contribution in [0.3, 0.4) is 0 Å². The Hall–Kier alpha value is -6.01. The van der Waals surface area contributed by atoms with E-state index in [2.05, 4.69) is 127 Å². The first kappa shape index (κ1) is 29.0. The van der Waals surface area contributed by atoms with Crippen LogP contribution in [0, 0.1) is 0 Å². The van der Waals surface area contributed by atoms with Gasteiger partial charge in [-0.15, -0.1) is 22.7 Å². The van der Waals surface area contributed by atoms with Crippen molar-refractivity contribution in [2.45, 2.75) is 0 Å². The summed E-state index contributed by atoms with van der Waals surface area (Å²) in [6, 6.07) is 57.9. The van der Waals surface area contributed by atoms with E-state index in [1.54, 1.807) is 0 Å². The normalized spacial score (nSPS) is 11.6. The van der Waals surface area contributed by atoms with Gasteiger partial charge in [-0.3, -0.25) is 0 Å². The molecule has 10 aromatic rings. The van der Waals surface area contributed by atoms with Gasteiger partial charge in [-0.1, -0.05) is 146 Å². The fourth-order valence-electron chi connectivity index (χ4n) is 6.98. The maximum atomic E-state index is 5.06. The first-order valence-corrected chi connectivity index (χ1v) is 18.2. The van der Waals surface area contributed by atoms with E-state index in [9.17, 15) is 0 Å². The van der Waals surface area contributed by atoms with E-state index < -0.39 is 0 Å². The largest absolute Gasteiger partial charge is 0.208 e. The predicted molar refractivity (Wildman–Crippen MR) is 213 cm³/mol. The lowest BCUT2D eigenvalue weighted by Gasteiger charge is -2.10. The predicted octanol–water partition coefficient (Wildman–Crippen LogP) is 12.9. The maximum absolute atomic E-state index is 5.06. The molecular weight excluding hydrogens is 647 g/mol. The van der Waals surface area contributed by atoms with Gasteiger partial charge in [-0.05, 0) is 40.5 Å². The van der Waals surface area contributed by atoms with Crippen LogP contribution >= 0.6 is 22.7 Å². The average Bonchev–Trinajstić information content (AvgIpc) is 3.77. The topological polar surface area (TPSA) is 38.7 Å². The summed E-state index contributed by atoms with van der Waals surface area (Å²) < 4.78 is 5.05. The molecule has 0 bridgehead atoms. The highest BCUT2D eigenvalue weighted by Gasteiger charge is 2.19. The molecule has 0 atom stereocenters. The van der Waals surface area contributed by atoms with Gasteiger partial charge < -0.3 is 0 Å². The molecule has 3 heterocycles. The van der Waals surface area contributed by atoms with E-state index in [0.29, 0.717) is 17.5 Å². The van der Waals surface area contributed by atoms with Crippen LogP contribution in [-0.4, -0.2) is 15.0 Å². The van der Waals surface area contributed by atoms with Crippen LogP contribution < -0.4 is 0 Å². The van der Waals surface area contributed by atoms with Crippen LogP contribution in [0.5, 0.6) is 0 Å². The van der Waals surface area contributed by atoms with Crippen molar-refractivity contribution in [2.75, 3.05) is 0 Å². The Bertz CT molecular complexity index is 2800. The summed E-state index contributed by atoms with van der Waals surface area (Å²) in [6.45, 7) is 0. The molecule has 0 spiro atoms. The number of aromatic nitrogens is 3. The highest BCUT2D eigenvalue weighted by molar-refractivity contribution is 7.27. The molecule has 0 radical (unpaired) electrons. The lowest BCUT2D eigenvalue weighted by molar-refractivity contribution is 1.08. The van der Waals surface area contributed by atoms with Crippen LogP contribution in [-0.2, 0) is 0 Å². The van der Waals surface area contributed by atoms with Gasteiger partial charge >= 0.3 is 0 Å². The lowest BCUT2D eigenvalue weighted by Crippen LogP contribution is -2.00. The third kappa shape index (κ3) is 4.82. The molecule has 10 rings (SSSR count). The van der Waals surface area contributed by atoms with Crippen molar-refractivity contribution in [3.8, 4) is 56.4 Å². The molecule has 50 heavy (non-hydrogen) atoms. The number of rotatable bonds is 5. The third-order valence-corrected chi connectivity index (χ3v) is 11.8. The molecule has 0 unspecified atom stereocenters. The third-order valence-electron chi connectivity index (χ3n) is 9.36. The molecule has 3 nitrogen and oxygen atoms in total. The van der Waals surface area contributed by atoms with E-state index in [0.717, 1.165) is 16.7 Å². The van der Waals surface area contributed by atoms with Crippen molar-refractivity contribution < 1.29 is 0 Å². The van der Waals surface area contributed by atoms with Gasteiger partial charge in [0.15, 0.2) is 17.5 Å². The van der Waals surface area contributed by atoms with E-state index in [1.807, 2.05) is 59.1 Å². The highest BCUT2D eigenvalue weighted by Crippen LogP contribution is 2.46. The number of hydrogen-bond acceptors (Lipinski definition) is 5. The van der Waals surface area contributed by atoms with Crippen LogP contribution in [0.2, 0.25) is 0 Å². The molecule has 7 aromatic carbocycles. The lowest BCUT2D eigenvalue weighted by atomic mass is 9.94. The van der Waals surface area contributed by atoms with Gasteiger partial charge in [0.1, 0.15) is 0 Å². The smallest absolute Gasteiger partial charge is 0.165 e. The summed E-state index contributed by atoms with van der Waals surface area (Å²) in [5.74, 6) is 2.01. The van der Waals surface area contributed by atoms with E-state index in [-0.39, 0.29) is 0 Å². The Balaban J connectivity index is 1.16. The van der Waals surface area contributed by atoms with Gasteiger partial charge in [0.25, 0.3) is 0 Å². The van der Waals surface area contributed by atoms with Crippen molar-refractivity contribution in [2.24, 2.45) is 0 Å². The second kappa shape index (κ2) is 11.8. The van der Waals surface area contributed by atoms with Gasteiger partial charge in [-0.2, -0.15) is 0 Å². The number of hydrogen-bond donors (Lipinski definition) is 0. The van der Waals surface area contributed by atoms with Gasteiger partial charge in [0.2, 0.25) is 0 Å². The second-order valence-corrected chi connectivity index (χ2v) is 14.5. The van der Waals surface area contributed by atoms with Crippen molar-refractivity contribution in [1.29, 1.82) is 0 Å². The first-order valence-electron chi connectivity index (χ1n) is 16.6. The standard InChI is InChI=1S/C45H27N3S2/c1-4-13-28(14-5-1)33-26-25-32(40-36-19-10-11-22-38(36)49-42(33)40)31-23-24-34-35-20-12-21-37(41(35)50-39(34)27-31)45-47-43(29-15-6-2-7-16-29)46-44(48-45)30-17-8-3-9-18-30/h1-27H. The molecule has 0 aliphatic carbocycles. The van der Waals surface area contributed by atoms with Crippen molar-refractivity contribution in [3.05, 3.63) is 164 Å². The molecule has 0 N–H and O–H groups in total. The zero-order chi connectivity index (χ0) is 33.0. The van der Waals surface area contributed by atoms with Crippen LogP contribution in [0.4, 0.5) is 0 Å². The van der Waals surface area contributed by atoms with Gasteiger partial charge in [0.05, 0.1) is 0 Å². The molecule has 0 fully saturated rings. The first-order chi connectivity index (χ1) is 24.8. The van der Waals surface area contributed by atoms with Crippen molar-refractivity contribution >= 4 is 63.0 Å². The molecule has 234 valence electrons. The monoisotopic (exact) mass is 673 g/mol. The quantitative estimate of drug-likeness (QED) is 0.182. The summed E-state index contributed by atoms with van der Waals surface area (Å²) in [4.78, 5) is 15.0. The summed E-state index contributed by atoms with van der Waals surface area (Å²) in [7, 11) is 0. The Labute approximate surface area is 296 Å². The minimum Gasteiger partial charge on any atom is -0.208 e. The maximum Gasteiger partial charge on any atom is 0.165 e. The van der Waals surface area contributed by atoms with E-state index in [1.165, 1.54) is 62.6 Å². The molecule has 0 aliphatic rings. The SMILES string of the molecule is c1ccc(-c2nc(-c3ccccc3)nc(-c3cccc4c3sc3cc(-c5ccc(-c6ccccc6)c6sc7ccccc7c56)ccc34)n2)cc1. The Morgan fingerprint density at radius 1 is 0.320 bits per heavy atom. The van der Waals surface area contributed by atoms with Crippen molar-refractivity contribution in [1.82, 2.24) is 15.0 Å². The summed E-state index contributed by atoms with van der Waals surface area (Å²) in [6.07, 6.45) is 0. The summed E-state index contributed by atoms with van der Waals surface area (Å²) >= 11 is 3.69. The molecule has 0 amide bonds. The molecule has 0 saturated heterocycles. The summed E-state index contributed by atoms with van der Waals surface area (Å²) in [5, 5.41) is 5.07. The fourth-order valence-corrected chi connectivity index (χ4v) is 9.50. The molecule has 3 aromatic heterocycles. The Morgan fingerprint density at radius 3 is 1.62 bits per heavy atom. The number of thiophene rings is 2. The highest BCUT2D eigenvalue weighted by atomic mass is 32.1. The zero-order valence-corrected chi connectivity index (χ0v) is 28.4. The van der Waals surface area contributed by atoms with Crippen LogP contribution in [0.1, 0.15) is 0 Å². The van der Waals surface area contributed by atoms with E-state index in [4.69, 9.17) is 15.0 Å². The zero-order valence-electron chi connectivity index (χ0n) is 26.7. The van der Waals surface area contributed by atoms with Crippen molar-refractivity contribution in [3.63, 3.8) is 0 Å². The molecule has 5 heteroatoms. The van der Waals surface area contributed by atoms with E-state index >= 15 is 0 Å². The Morgan fingerprint density at radius 2 is 0.900 bits per heavy atom. The van der Waals surface area contributed by atoms with Gasteiger partial charge in [-0.25, -0.2) is 15.0 Å². The van der Waals surface area contributed by atoms with Gasteiger partial charge in [0, 0.05) is 57.0 Å². The van der Waals surface area contributed by atoms with Crippen LogP contribution in [0.25, 0.3) is 96.8 Å². The number of fused-ring (bicyclic) bond motifs is 6. The molecular formula is C45H27N3S2. The Kier molecular flexibility index (Phi) is 6.86. The average molecular weight is 674 g/mol. The molecule has 0 aliphatic heterocycles. The number of nitrogens with zero attached hydrogens (tertiary/aromatic N) is 3. The molecule has 0 saturated carbocycles. The fraction of sp³-hybridized carbons (Fsp3) is 0. The van der Waals surface area contributed by atoms with Crippen LogP contribution in [0.15, 0.2) is 164 Å². The minimum absolute atomic E-state index is 0.667. The second-order valence-electron chi connectivity index (χ2n) is 12.4. The minimum atomic E-state index is 0.667. The summed E-state index contributed by atoms with van der Waals surface area (Å²) in [5.41, 5.74) is 7.94.